The topological polar surface area (TPSA) is 42.4 Å². The monoisotopic (exact) mass is 245 g/mol. The maximum Gasteiger partial charge on any atom is 0.152 e. The summed E-state index contributed by atoms with van der Waals surface area (Å²) in [5.41, 5.74) is 0. The second kappa shape index (κ2) is 5.19. The molecule has 1 N–H and O–H groups in total. The molecule has 0 aliphatic heterocycles. The molecule has 1 unspecified atom stereocenters. The molecule has 0 bridgehead atoms. The third-order valence-electron chi connectivity index (χ3n) is 1.56. The molecule has 1 atom stereocenters. The average Bonchev–Trinajstić information content (AvgIpc) is 2.16. The van der Waals surface area contributed by atoms with Crippen molar-refractivity contribution in [3.8, 4) is 5.75 Å². The minimum Gasteiger partial charge on any atom is -0.490 e. The highest BCUT2D eigenvalue weighted by atomic mass is 79.9. The predicted molar refractivity (Wildman–Crippen MR) is 53.7 cm³/mol. The molecule has 1 aromatic heterocycles. The van der Waals surface area contributed by atoms with Crippen LogP contribution in [0.5, 0.6) is 5.75 Å². The van der Waals surface area contributed by atoms with Crippen molar-refractivity contribution in [2.24, 2.45) is 5.92 Å². The van der Waals surface area contributed by atoms with Crippen LogP contribution in [0, 0.1) is 5.92 Å². The van der Waals surface area contributed by atoms with Crippen molar-refractivity contribution >= 4 is 15.9 Å². The standard InChI is InChI=1S/C9H12BrNO2/c1-7(5-12)6-13-8-3-2-4-11-9(8)10/h2-4,7,12H,5-6H2,1H3. The van der Waals surface area contributed by atoms with Crippen molar-refractivity contribution in [3.05, 3.63) is 22.9 Å². The van der Waals surface area contributed by atoms with E-state index in [1.807, 2.05) is 19.1 Å². The number of aromatic nitrogens is 1. The Balaban J connectivity index is 2.50. The Morgan fingerprint density at radius 3 is 3.08 bits per heavy atom. The van der Waals surface area contributed by atoms with E-state index < -0.39 is 0 Å². The molecule has 0 saturated carbocycles. The van der Waals surface area contributed by atoms with Gasteiger partial charge in [-0.3, -0.25) is 0 Å². The molecular formula is C9H12BrNO2. The van der Waals surface area contributed by atoms with E-state index in [2.05, 4.69) is 20.9 Å². The summed E-state index contributed by atoms with van der Waals surface area (Å²) in [4.78, 5) is 4.01. The molecule has 13 heavy (non-hydrogen) atoms. The van der Waals surface area contributed by atoms with Crippen LogP contribution in [0.2, 0.25) is 0 Å². The van der Waals surface area contributed by atoms with E-state index in [-0.39, 0.29) is 12.5 Å². The van der Waals surface area contributed by atoms with Crippen LogP contribution in [-0.4, -0.2) is 23.3 Å². The lowest BCUT2D eigenvalue weighted by Gasteiger charge is -2.10. The van der Waals surface area contributed by atoms with Gasteiger partial charge in [0.1, 0.15) is 4.60 Å². The molecule has 1 aromatic rings. The first-order chi connectivity index (χ1) is 6.24. The zero-order valence-electron chi connectivity index (χ0n) is 7.40. The summed E-state index contributed by atoms with van der Waals surface area (Å²) in [6, 6.07) is 3.64. The number of aliphatic hydroxyl groups excluding tert-OH is 1. The van der Waals surface area contributed by atoms with Crippen LogP contribution < -0.4 is 4.74 Å². The van der Waals surface area contributed by atoms with E-state index in [4.69, 9.17) is 9.84 Å². The fourth-order valence-corrected chi connectivity index (χ4v) is 1.13. The Labute approximate surface area is 85.9 Å². The molecule has 0 saturated heterocycles. The van der Waals surface area contributed by atoms with Gasteiger partial charge in [-0.15, -0.1) is 0 Å². The molecule has 0 amide bonds. The predicted octanol–water partition coefficient (Wildman–Crippen LogP) is 1.85. The largest absolute Gasteiger partial charge is 0.490 e. The summed E-state index contributed by atoms with van der Waals surface area (Å²) in [6.07, 6.45) is 1.69. The van der Waals surface area contributed by atoms with Crippen LogP contribution in [-0.2, 0) is 0 Å². The summed E-state index contributed by atoms with van der Waals surface area (Å²) < 4.78 is 6.11. The lowest BCUT2D eigenvalue weighted by molar-refractivity contribution is 0.173. The van der Waals surface area contributed by atoms with Crippen molar-refractivity contribution in [1.82, 2.24) is 4.98 Å². The summed E-state index contributed by atoms with van der Waals surface area (Å²) in [5, 5.41) is 8.77. The highest BCUT2D eigenvalue weighted by Gasteiger charge is 2.04. The first kappa shape index (κ1) is 10.5. The third-order valence-corrected chi connectivity index (χ3v) is 2.16. The van der Waals surface area contributed by atoms with Gasteiger partial charge in [-0.1, -0.05) is 6.92 Å². The number of aliphatic hydroxyl groups is 1. The molecule has 0 fully saturated rings. The van der Waals surface area contributed by atoms with Crippen molar-refractivity contribution in [1.29, 1.82) is 0 Å². The number of nitrogens with zero attached hydrogens (tertiary/aromatic N) is 1. The highest BCUT2D eigenvalue weighted by molar-refractivity contribution is 9.10. The van der Waals surface area contributed by atoms with Crippen LogP contribution in [0.4, 0.5) is 0 Å². The summed E-state index contributed by atoms with van der Waals surface area (Å²) >= 11 is 3.27. The van der Waals surface area contributed by atoms with Gasteiger partial charge in [-0.05, 0) is 28.1 Å². The van der Waals surface area contributed by atoms with Gasteiger partial charge in [0, 0.05) is 18.7 Å². The van der Waals surface area contributed by atoms with Crippen LogP contribution in [0.25, 0.3) is 0 Å². The van der Waals surface area contributed by atoms with Crippen LogP contribution in [0.1, 0.15) is 6.92 Å². The maximum absolute atomic E-state index is 8.77. The molecule has 3 nitrogen and oxygen atoms in total. The summed E-state index contributed by atoms with van der Waals surface area (Å²) in [6.45, 7) is 2.56. The smallest absolute Gasteiger partial charge is 0.152 e. The molecule has 0 spiro atoms. The molecule has 0 aliphatic carbocycles. The van der Waals surface area contributed by atoms with Crippen molar-refractivity contribution < 1.29 is 9.84 Å². The van der Waals surface area contributed by atoms with E-state index >= 15 is 0 Å². The number of ether oxygens (including phenoxy) is 1. The van der Waals surface area contributed by atoms with Crippen LogP contribution in [0.3, 0.4) is 0 Å². The molecule has 72 valence electrons. The fourth-order valence-electron chi connectivity index (χ4n) is 0.764. The van der Waals surface area contributed by atoms with Gasteiger partial charge in [-0.2, -0.15) is 0 Å². The Morgan fingerprint density at radius 2 is 2.46 bits per heavy atom. The van der Waals surface area contributed by atoms with Crippen molar-refractivity contribution in [3.63, 3.8) is 0 Å². The quantitative estimate of drug-likeness (QED) is 0.824. The Morgan fingerprint density at radius 1 is 1.69 bits per heavy atom. The zero-order chi connectivity index (χ0) is 9.68. The van der Waals surface area contributed by atoms with E-state index in [9.17, 15) is 0 Å². The molecular weight excluding hydrogens is 234 g/mol. The third kappa shape index (κ3) is 3.32. The molecule has 4 heteroatoms. The fraction of sp³-hybridized carbons (Fsp3) is 0.444. The Kier molecular flexibility index (Phi) is 4.18. The van der Waals surface area contributed by atoms with Gasteiger partial charge in [0.15, 0.2) is 5.75 Å². The number of pyridine rings is 1. The zero-order valence-corrected chi connectivity index (χ0v) is 8.99. The minimum atomic E-state index is 0.137. The van der Waals surface area contributed by atoms with E-state index in [0.29, 0.717) is 17.0 Å². The summed E-state index contributed by atoms with van der Waals surface area (Å²) in [5.74, 6) is 0.856. The first-order valence-corrected chi connectivity index (χ1v) is 4.87. The second-order valence-corrected chi connectivity index (χ2v) is 3.64. The average molecular weight is 246 g/mol. The number of hydrogen-bond acceptors (Lipinski definition) is 3. The SMILES string of the molecule is CC(CO)COc1cccnc1Br. The van der Waals surface area contributed by atoms with Gasteiger partial charge >= 0.3 is 0 Å². The second-order valence-electron chi connectivity index (χ2n) is 2.89. The van der Waals surface area contributed by atoms with E-state index in [1.54, 1.807) is 6.20 Å². The van der Waals surface area contributed by atoms with E-state index in [1.165, 1.54) is 0 Å². The van der Waals surface area contributed by atoms with Gasteiger partial charge in [0.2, 0.25) is 0 Å². The minimum absolute atomic E-state index is 0.137. The van der Waals surface area contributed by atoms with Gasteiger partial charge < -0.3 is 9.84 Å². The summed E-state index contributed by atoms with van der Waals surface area (Å²) in [7, 11) is 0. The molecule has 1 rings (SSSR count). The molecule has 0 radical (unpaired) electrons. The van der Waals surface area contributed by atoms with Gasteiger partial charge in [0.05, 0.1) is 6.61 Å². The van der Waals surface area contributed by atoms with Crippen LogP contribution in [0.15, 0.2) is 22.9 Å². The Bertz CT molecular complexity index is 268. The first-order valence-electron chi connectivity index (χ1n) is 4.08. The molecule has 1 heterocycles. The maximum atomic E-state index is 8.77. The number of hydrogen-bond donors (Lipinski definition) is 1. The highest BCUT2D eigenvalue weighted by Crippen LogP contribution is 2.21. The van der Waals surface area contributed by atoms with Crippen molar-refractivity contribution in [2.45, 2.75) is 6.92 Å². The van der Waals surface area contributed by atoms with E-state index in [0.717, 1.165) is 0 Å². The Hall–Kier alpha value is -0.610. The normalized spacial score (nSPS) is 12.5. The molecule has 0 aromatic carbocycles. The van der Waals surface area contributed by atoms with Gasteiger partial charge in [-0.25, -0.2) is 4.98 Å². The number of rotatable bonds is 4. The van der Waals surface area contributed by atoms with Crippen LogP contribution >= 0.6 is 15.9 Å². The lowest BCUT2D eigenvalue weighted by atomic mass is 10.2. The lowest BCUT2D eigenvalue weighted by Crippen LogP contribution is -2.12. The van der Waals surface area contributed by atoms with Crippen molar-refractivity contribution in [2.75, 3.05) is 13.2 Å². The molecule has 0 aliphatic rings. The number of halogens is 1. The van der Waals surface area contributed by atoms with Gasteiger partial charge in [0.25, 0.3) is 0 Å².